The molecule has 0 saturated heterocycles. The highest BCUT2D eigenvalue weighted by Crippen LogP contribution is 2.38. The van der Waals surface area contributed by atoms with Gasteiger partial charge in [0.25, 0.3) is 0 Å². The highest BCUT2D eigenvalue weighted by atomic mass is 16.4. The van der Waals surface area contributed by atoms with E-state index < -0.39 is 5.97 Å². The Bertz CT molecular complexity index is 426. The molecule has 1 atom stereocenters. The van der Waals surface area contributed by atoms with E-state index in [9.17, 15) is 4.79 Å². The lowest BCUT2D eigenvalue weighted by molar-refractivity contribution is -0.138. The SMILES string of the molecule is Cc1ccc2c(c1C)N(C)CC2C(=O)O. The maximum atomic E-state index is 11.1. The van der Waals surface area contributed by atoms with Gasteiger partial charge in [0, 0.05) is 19.3 Å². The summed E-state index contributed by atoms with van der Waals surface area (Å²) < 4.78 is 0. The number of hydrogen-bond donors (Lipinski definition) is 1. The first kappa shape index (κ1) is 10.0. The van der Waals surface area contributed by atoms with Crippen molar-refractivity contribution in [1.29, 1.82) is 0 Å². The quantitative estimate of drug-likeness (QED) is 0.761. The number of hydrogen-bond acceptors (Lipinski definition) is 2. The minimum atomic E-state index is -0.733. The molecule has 15 heavy (non-hydrogen) atoms. The maximum absolute atomic E-state index is 11.1. The van der Waals surface area contributed by atoms with Crippen molar-refractivity contribution in [2.45, 2.75) is 19.8 Å². The molecular weight excluding hydrogens is 190 g/mol. The van der Waals surface area contributed by atoms with Crippen LogP contribution in [0.15, 0.2) is 12.1 Å². The van der Waals surface area contributed by atoms with E-state index in [1.54, 1.807) is 0 Å². The summed E-state index contributed by atoms with van der Waals surface area (Å²) in [6.45, 7) is 4.68. The van der Waals surface area contributed by atoms with Gasteiger partial charge in [0.2, 0.25) is 0 Å². The molecular formula is C12H15NO2. The number of carbonyl (C=O) groups is 1. The average molecular weight is 205 g/mol. The van der Waals surface area contributed by atoms with E-state index in [1.165, 1.54) is 11.1 Å². The minimum Gasteiger partial charge on any atom is -0.481 e. The van der Waals surface area contributed by atoms with Crippen molar-refractivity contribution in [2.75, 3.05) is 18.5 Å². The monoisotopic (exact) mass is 205 g/mol. The summed E-state index contributed by atoms with van der Waals surface area (Å²) in [7, 11) is 1.95. The number of fused-ring (bicyclic) bond motifs is 1. The summed E-state index contributed by atoms with van der Waals surface area (Å²) in [4.78, 5) is 13.1. The molecule has 0 spiro atoms. The van der Waals surface area contributed by atoms with Crippen molar-refractivity contribution in [3.63, 3.8) is 0 Å². The maximum Gasteiger partial charge on any atom is 0.312 e. The summed E-state index contributed by atoms with van der Waals surface area (Å²) in [5.74, 6) is -1.10. The molecule has 3 heteroatoms. The fourth-order valence-electron chi connectivity index (χ4n) is 2.28. The summed E-state index contributed by atoms with van der Waals surface area (Å²) in [5.41, 5.74) is 4.46. The molecule has 1 aromatic rings. The predicted molar refractivity (Wildman–Crippen MR) is 59.6 cm³/mol. The number of likely N-dealkylation sites (N-methyl/N-ethyl adjacent to an activating group) is 1. The first-order chi connectivity index (χ1) is 7.02. The summed E-state index contributed by atoms with van der Waals surface area (Å²) in [6, 6.07) is 3.95. The molecule has 0 saturated carbocycles. The molecule has 1 aliphatic rings. The molecule has 1 heterocycles. The zero-order valence-corrected chi connectivity index (χ0v) is 9.24. The molecule has 0 bridgehead atoms. The second-order valence-corrected chi connectivity index (χ2v) is 4.22. The van der Waals surface area contributed by atoms with Crippen LogP contribution in [-0.2, 0) is 4.79 Å². The van der Waals surface area contributed by atoms with Gasteiger partial charge in [-0.05, 0) is 30.5 Å². The van der Waals surface area contributed by atoms with E-state index in [0.29, 0.717) is 6.54 Å². The number of aliphatic carboxylic acids is 1. The highest BCUT2D eigenvalue weighted by molar-refractivity contribution is 5.84. The summed E-state index contributed by atoms with van der Waals surface area (Å²) in [5, 5.41) is 9.11. The first-order valence-corrected chi connectivity index (χ1v) is 5.06. The third-order valence-corrected chi connectivity index (χ3v) is 3.24. The molecule has 1 unspecified atom stereocenters. The Balaban J connectivity index is 2.59. The zero-order valence-electron chi connectivity index (χ0n) is 9.24. The lowest BCUT2D eigenvalue weighted by Gasteiger charge is -2.15. The molecule has 80 valence electrons. The van der Waals surface area contributed by atoms with Crippen LogP contribution in [0.5, 0.6) is 0 Å². The third-order valence-electron chi connectivity index (χ3n) is 3.24. The van der Waals surface area contributed by atoms with Crippen molar-refractivity contribution in [3.05, 3.63) is 28.8 Å². The molecule has 0 radical (unpaired) electrons. The zero-order chi connectivity index (χ0) is 11.2. The second-order valence-electron chi connectivity index (χ2n) is 4.22. The van der Waals surface area contributed by atoms with Crippen molar-refractivity contribution >= 4 is 11.7 Å². The molecule has 0 aromatic heterocycles. The van der Waals surface area contributed by atoms with Crippen LogP contribution in [0.3, 0.4) is 0 Å². The molecule has 1 N–H and O–H groups in total. The number of rotatable bonds is 1. The Kier molecular flexibility index (Phi) is 2.18. The minimum absolute atomic E-state index is 0.371. The molecule has 0 aliphatic carbocycles. The van der Waals surface area contributed by atoms with Gasteiger partial charge in [-0.3, -0.25) is 4.79 Å². The molecule has 1 aliphatic heterocycles. The number of aryl methyl sites for hydroxylation is 1. The van der Waals surface area contributed by atoms with Crippen LogP contribution in [0.1, 0.15) is 22.6 Å². The lowest BCUT2D eigenvalue weighted by atomic mass is 9.97. The van der Waals surface area contributed by atoms with Crippen LogP contribution < -0.4 is 4.90 Å². The van der Waals surface area contributed by atoms with Crippen molar-refractivity contribution in [1.82, 2.24) is 0 Å². The van der Waals surface area contributed by atoms with E-state index in [-0.39, 0.29) is 5.92 Å². The van der Waals surface area contributed by atoms with Gasteiger partial charge in [0.1, 0.15) is 5.92 Å². The van der Waals surface area contributed by atoms with Crippen LogP contribution in [0.25, 0.3) is 0 Å². The van der Waals surface area contributed by atoms with Gasteiger partial charge in [-0.2, -0.15) is 0 Å². The second kappa shape index (κ2) is 3.26. The van der Waals surface area contributed by atoms with Gasteiger partial charge < -0.3 is 10.0 Å². The highest BCUT2D eigenvalue weighted by Gasteiger charge is 2.32. The Morgan fingerprint density at radius 1 is 1.47 bits per heavy atom. The van der Waals surface area contributed by atoms with Gasteiger partial charge in [-0.15, -0.1) is 0 Å². The topological polar surface area (TPSA) is 40.5 Å². The Morgan fingerprint density at radius 3 is 2.73 bits per heavy atom. The Morgan fingerprint density at radius 2 is 2.13 bits per heavy atom. The van der Waals surface area contributed by atoms with Crippen LogP contribution in [0.2, 0.25) is 0 Å². The van der Waals surface area contributed by atoms with E-state index >= 15 is 0 Å². The smallest absolute Gasteiger partial charge is 0.312 e. The molecule has 0 amide bonds. The van der Waals surface area contributed by atoms with E-state index in [2.05, 4.69) is 13.8 Å². The largest absolute Gasteiger partial charge is 0.481 e. The fraction of sp³-hybridized carbons (Fsp3) is 0.417. The normalized spacial score (nSPS) is 19.1. The molecule has 0 fully saturated rings. The Hall–Kier alpha value is -1.51. The van der Waals surface area contributed by atoms with Crippen LogP contribution in [0, 0.1) is 13.8 Å². The van der Waals surface area contributed by atoms with Crippen molar-refractivity contribution in [2.24, 2.45) is 0 Å². The van der Waals surface area contributed by atoms with Crippen molar-refractivity contribution < 1.29 is 9.90 Å². The molecule has 1 aromatic carbocycles. The van der Waals surface area contributed by atoms with Gasteiger partial charge in [-0.1, -0.05) is 12.1 Å². The predicted octanol–water partition coefficient (Wildman–Crippen LogP) is 1.92. The van der Waals surface area contributed by atoms with Crippen LogP contribution >= 0.6 is 0 Å². The van der Waals surface area contributed by atoms with Gasteiger partial charge in [0.05, 0.1) is 0 Å². The van der Waals surface area contributed by atoms with Gasteiger partial charge in [0.15, 0.2) is 0 Å². The summed E-state index contributed by atoms with van der Waals surface area (Å²) in [6.07, 6.45) is 0. The van der Waals surface area contributed by atoms with Gasteiger partial charge >= 0.3 is 5.97 Å². The van der Waals surface area contributed by atoms with Gasteiger partial charge in [-0.25, -0.2) is 0 Å². The number of benzene rings is 1. The first-order valence-electron chi connectivity index (χ1n) is 5.06. The average Bonchev–Trinajstić information content (AvgIpc) is 2.50. The standard InChI is InChI=1S/C12H15NO2/c1-7-4-5-9-10(12(14)15)6-13(3)11(9)8(7)2/h4-5,10H,6H2,1-3H3,(H,14,15). The Labute approximate surface area is 89.3 Å². The summed E-state index contributed by atoms with van der Waals surface area (Å²) >= 11 is 0. The number of nitrogens with zero attached hydrogens (tertiary/aromatic N) is 1. The third kappa shape index (κ3) is 1.39. The van der Waals surface area contributed by atoms with E-state index in [0.717, 1.165) is 11.3 Å². The number of anilines is 1. The van der Waals surface area contributed by atoms with E-state index in [1.807, 2.05) is 24.1 Å². The van der Waals surface area contributed by atoms with Crippen molar-refractivity contribution in [3.8, 4) is 0 Å². The number of carboxylic acids is 1. The van der Waals surface area contributed by atoms with Crippen LogP contribution in [-0.4, -0.2) is 24.7 Å². The number of carboxylic acid groups (broad SMARTS) is 1. The fourth-order valence-corrected chi connectivity index (χ4v) is 2.28. The van der Waals surface area contributed by atoms with Crippen LogP contribution in [0.4, 0.5) is 5.69 Å². The molecule has 3 nitrogen and oxygen atoms in total. The molecule has 2 rings (SSSR count). The lowest BCUT2D eigenvalue weighted by Crippen LogP contribution is -2.20. The van der Waals surface area contributed by atoms with E-state index in [4.69, 9.17) is 5.11 Å².